The van der Waals surface area contributed by atoms with Crippen molar-refractivity contribution in [1.29, 1.82) is 0 Å². The zero-order valence-corrected chi connectivity index (χ0v) is 29.0. The second-order valence-corrected chi connectivity index (χ2v) is 14.8. The number of carbonyl (C=O) groups is 2. The second kappa shape index (κ2) is 11.3. The molecule has 8 atom stereocenters. The minimum Gasteiger partial charge on any atom is -0.504 e. The van der Waals surface area contributed by atoms with E-state index in [4.69, 9.17) is 23.7 Å². The zero-order valence-electron chi connectivity index (χ0n) is 26.9. The number of Topliss-reactive ketones (excluding diaryl/α,β-unsaturated/α-hetero) is 1. The summed E-state index contributed by atoms with van der Waals surface area (Å²) in [5.41, 5.74) is -0.221. The normalized spacial score (nSPS) is 36.6. The number of phenols is 1. The van der Waals surface area contributed by atoms with Gasteiger partial charge in [0.15, 0.2) is 17.3 Å². The number of esters is 1. The minimum absolute atomic E-state index is 0.0175. The number of methoxy groups -OCH3 is 1. The molecule has 0 spiro atoms. The molecule has 3 aliphatic carbocycles. The van der Waals surface area contributed by atoms with E-state index >= 15 is 0 Å². The van der Waals surface area contributed by atoms with E-state index in [-0.39, 0.29) is 36.9 Å². The minimum atomic E-state index is -1.81. The summed E-state index contributed by atoms with van der Waals surface area (Å²) in [5.74, 6) is -3.34. The Bertz CT molecular complexity index is 1730. The van der Waals surface area contributed by atoms with Crippen LogP contribution < -0.4 is 4.74 Å². The molecule has 2 aromatic carbocycles. The molecule has 47 heavy (non-hydrogen) atoms. The Morgan fingerprint density at radius 3 is 2.60 bits per heavy atom. The van der Waals surface area contributed by atoms with Crippen molar-refractivity contribution in [3.8, 4) is 11.5 Å². The van der Waals surface area contributed by atoms with E-state index in [2.05, 4.69) is 13.5 Å². The van der Waals surface area contributed by atoms with E-state index in [9.17, 15) is 19.8 Å². The van der Waals surface area contributed by atoms with Crippen LogP contribution in [0.1, 0.15) is 44.7 Å². The molecule has 10 heteroatoms. The van der Waals surface area contributed by atoms with Gasteiger partial charge in [0.2, 0.25) is 0 Å². The molecule has 3 fully saturated rings. The van der Waals surface area contributed by atoms with Crippen molar-refractivity contribution < 1.29 is 43.5 Å². The van der Waals surface area contributed by atoms with Crippen LogP contribution in [0.25, 0.3) is 0 Å². The fraction of sp³-hybridized carbons (Fsp3) is 0.459. The standard InChI is InChI=1S/C37H39IO9/c1-20(2)35-16-22(4)37-26(33(35)45-36(46-35,47-37)18-23-9-7-6-8-10-23)14-24(17-34(42)28(37)13-21(3)32(34)41)19-44-29(40)15-25-11-12-27(39)31(43-5)30(25)38/h6-14,22,26,28,33,39,42H,1,15-19H2,2-5H3/t22-,26+,28-,33-,34-,35-,36-,37-/m1/s1. The highest BCUT2D eigenvalue weighted by atomic mass is 127. The summed E-state index contributed by atoms with van der Waals surface area (Å²) in [6.07, 6.45) is 4.13. The number of hydrogen-bond acceptors (Lipinski definition) is 9. The Morgan fingerprint density at radius 2 is 1.89 bits per heavy atom. The maximum Gasteiger partial charge on any atom is 0.310 e. The molecule has 0 radical (unpaired) electrons. The second-order valence-electron chi connectivity index (χ2n) is 13.8. The van der Waals surface area contributed by atoms with Crippen LogP contribution in [0.2, 0.25) is 0 Å². The first kappa shape index (κ1) is 32.5. The van der Waals surface area contributed by atoms with Crippen LogP contribution in [0.15, 0.2) is 77.9 Å². The van der Waals surface area contributed by atoms with Gasteiger partial charge in [-0.1, -0.05) is 62.1 Å². The molecule has 0 amide bonds. The molecule has 2 aliphatic heterocycles. The average Bonchev–Trinajstić information content (AvgIpc) is 3.33. The third-order valence-electron chi connectivity index (χ3n) is 10.8. The molecule has 2 saturated heterocycles. The molecule has 3 bridgehead atoms. The quantitative estimate of drug-likeness (QED) is 0.209. The Morgan fingerprint density at radius 1 is 1.15 bits per heavy atom. The molecule has 2 aromatic rings. The number of benzene rings is 2. The number of fused-ring (bicyclic) bond motifs is 2. The maximum atomic E-state index is 13.8. The third kappa shape index (κ3) is 4.77. The highest BCUT2D eigenvalue weighted by molar-refractivity contribution is 14.1. The van der Waals surface area contributed by atoms with Gasteiger partial charge in [-0.05, 0) is 82.7 Å². The number of ether oxygens (including phenoxy) is 5. The molecule has 7 rings (SSSR count). The van der Waals surface area contributed by atoms with Crippen molar-refractivity contribution in [3.63, 3.8) is 0 Å². The maximum absolute atomic E-state index is 13.8. The molecule has 248 valence electrons. The molecule has 2 N–H and O–H groups in total. The smallest absolute Gasteiger partial charge is 0.310 e. The number of hydrogen-bond donors (Lipinski definition) is 2. The lowest BCUT2D eigenvalue weighted by Crippen LogP contribution is -2.70. The Hall–Kier alpha value is -3.03. The van der Waals surface area contributed by atoms with Crippen LogP contribution in [0.5, 0.6) is 11.5 Å². The van der Waals surface area contributed by atoms with Gasteiger partial charge in [0.25, 0.3) is 5.97 Å². The molecule has 0 aromatic heterocycles. The lowest BCUT2D eigenvalue weighted by atomic mass is 9.55. The van der Waals surface area contributed by atoms with Crippen molar-refractivity contribution in [2.45, 2.75) is 75.3 Å². The van der Waals surface area contributed by atoms with Crippen molar-refractivity contribution in [2.75, 3.05) is 13.7 Å². The molecule has 0 unspecified atom stereocenters. The highest BCUT2D eigenvalue weighted by Crippen LogP contribution is 2.68. The predicted molar refractivity (Wildman–Crippen MR) is 179 cm³/mol. The van der Waals surface area contributed by atoms with Crippen molar-refractivity contribution in [2.24, 2.45) is 17.8 Å². The van der Waals surface area contributed by atoms with Gasteiger partial charge in [0, 0.05) is 18.3 Å². The highest BCUT2D eigenvalue weighted by Gasteiger charge is 2.79. The summed E-state index contributed by atoms with van der Waals surface area (Å²) in [6, 6.07) is 13.0. The van der Waals surface area contributed by atoms with Gasteiger partial charge >= 0.3 is 5.97 Å². The SMILES string of the molecule is C=C(C)[C@]12C[C@@H](C)[C@@]34O[C@](Cc5ccccc5)(O[C@@H]1[C@@H]3C=C(COC(=O)Cc1ccc(O)c(OC)c1I)C[C@]1(O)C(=O)C(C)=C[C@@H]41)O2. The van der Waals surface area contributed by atoms with Gasteiger partial charge in [-0.3, -0.25) is 9.59 Å². The van der Waals surface area contributed by atoms with Crippen LogP contribution in [-0.4, -0.2) is 64.6 Å². The first-order valence-corrected chi connectivity index (χ1v) is 17.0. The lowest BCUT2D eigenvalue weighted by Gasteiger charge is -2.59. The first-order valence-electron chi connectivity index (χ1n) is 15.9. The predicted octanol–water partition coefficient (Wildman–Crippen LogP) is 5.35. The largest absolute Gasteiger partial charge is 0.504 e. The van der Waals surface area contributed by atoms with Crippen LogP contribution in [0.4, 0.5) is 0 Å². The third-order valence-corrected chi connectivity index (χ3v) is 12.0. The van der Waals surface area contributed by atoms with Crippen LogP contribution in [0.3, 0.4) is 0 Å². The number of aromatic hydroxyl groups is 1. The van der Waals surface area contributed by atoms with Gasteiger partial charge in [-0.2, -0.15) is 0 Å². The number of carbonyl (C=O) groups excluding carboxylic acids is 2. The fourth-order valence-corrected chi connectivity index (χ4v) is 9.65. The number of halogens is 1. The van der Waals surface area contributed by atoms with Crippen LogP contribution in [0, 0.1) is 21.3 Å². The molecule has 2 heterocycles. The number of ketones is 1. The zero-order chi connectivity index (χ0) is 33.5. The van der Waals surface area contributed by atoms with Crippen LogP contribution in [-0.2, 0) is 41.4 Å². The van der Waals surface area contributed by atoms with Crippen molar-refractivity contribution in [3.05, 3.63) is 92.6 Å². The van der Waals surface area contributed by atoms with Gasteiger partial charge in [0.1, 0.15) is 23.9 Å². The monoisotopic (exact) mass is 754 g/mol. The molecule has 5 aliphatic rings. The van der Waals surface area contributed by atoms with E-state index < -0.39 is 46.7 Å². The summed E-state index contributed by atoms with van der Waals surface area (Å²) in [6.45, 7) is 9.99. The summed E-state index contributed by atoms with van der Waals surface area (Å²) in [5, 5.41) is 22.5. The van der Waals surface area contributed by atoms with Gasteiger partial charge in [-0.25, -0.2) is 0 Å². The van der Waals surface area contributed by atoms with Crippen molar-refractivity contribution in [1.82, 2.24) is 0 Å². The Labute approximate surface area is 287 Å². The summed E-state index contributed by atoms with van der Waals surface area (Å²) >= 11 is 2.03. The van der Waals surface area contributed by atoms with Gasteiger partial charge in [-0.15, -0.1) is 0 Å². The van der Waals surface area contributed by atoms with E-state index in [1.54, 1.807) is 13.0 Å². The van der Waals surface area contributed by atoms with E-state index in [0.29, 0.717) is 38.9 Å². The summed E-state index contributed by atoms with van der Waals surface area (Å²) < 4.78 is 32.6. The van der Waals surface area contributed by atoms with Gasteiger partial charge in [0.05, 0.1) is 29.1 Å². The number of rotatable bonds is 8. The van der Waals surface area contributed by atoms with Gasteiger partial charge < -0.3 is 33.9 Å². The van der Waals surface area contributed by atoms with E-state index in [1.165, 1.54) is 13.2 Å². The van der Waals surface area contributed by atoms with Crippen molar-refractivity contribution >= 4 is 34.3 Å². The van der Waals surface area contributed by atoms with Crippen LogP contribution >= 0.6 is 22.6 Å². The fourth-order valence-electron chi connectivity index (χ4n) is 8.79. The number of phenolic OH excluding ortho intramolecular Hbond substituents is 1. The Balaban J connectivity index is 1.27. The number of aliphatic hydroxyl groups is 1. The van der Waals surface area contributed by atoms with E-state index in [1.807, 2.05) is 72.0 Å². The molecular weight excluding hydrogens is 715 g/mol. The molecule has 9 nitrogen and oxygen atoms in total. The average molecular weight is 755 g/mol. The molecule has 1 saturated carbocycles. The lowest BCUT2D eigenvalue weighted by molar-refractivity contribution is -0.421. The summed E-state index contributed by atoms with van der Waals surface area (Å²) in [4.78, 5) is 27.0. The first-order chi connectivity index (χ1) is 22.3. The molecular formula is C37H39IO9. The Kier molecular flexibility index (Phi) is 7.79. The van der Waals surface area contributed by atoms with E-state index in [0.717, 1.165) is 11.1 Å². The topological polar surface area (TPSA) is 121 Å². The summed E-state index contributed by atoms with van der Waals surface area (Å²) in [7, 11) is 1.45.